The fourth-order valence-electron chi connectivity index (χ4n) is 1.23. The van der Waals surface area contributed by atoms with Gasteiger partial charge in [-0.3, -0.25) is 10.1 Å². The number of halogens is 1. The van der Waals surface area contributed by atoms with Crippen LogP contribution in [0, 0.1) is 6.92 Å². The molecule has 0 fully saturated rings. The van der Waals surface area contributed by atoms with E-state index >= 15 is 0 Å². The molecule has 88 valence electrons. The Hall–Kier alpha value is -2.08. The summed E-state index contributed by atoms with van der Waals surface area (Å²) in [5.41, 5.74) is 6.27. The third kappa shape index (κ3) is 2.54. The van der Waals surface area contributed by atoms with Crippen molar-refractivity contribution in [2.45, 2.75) is 6.92 Å². The predicted molar refractivity (Wildman–Crippen MR) is 62.9 cm³/mol. The predicted octanol–water partition coefficient (Wildman–Crippen LogP) is 1.87. The summed E-state index contributed by atoms with van der Waals surface area (Å²) in [6.45, 7) is 1.62. The molecule has 0 bridgehead atoms. The number of nitrogens with zero attached hydrogens (tertiary/aromatic N) is 2. The summed E-state index contributed by atoms with van der Waals surface area (Å²) in [7, 11) is 0. The van der Waals surface area contributed by atoms with Crippen LogP contribution in [0.1, 0.15) is 16.2 Å². The minimum Gasteiger partial charge on any atom is -0.408 e. The molecule has 0 unspecified atom stereocenters. The first-order chi connectivity index (χ1) is 8.06. The summed E-state index contributed by atoms with van der Waals surface area (Å²) >= 11 is 5.88. The zero-order valence-corrected chi connectivity index (χ0v) is 9.65. The molecule has 0 spiro atoms. The highest BCUT2D eigenvalue weighted by Gasteiger charge is 2.13. The molecule has 1 amide bonds. The molecule has 1 aromatic carbocycles. The number of hydrogen-bond acceptors (Lipinski definition) is 5. The van der Waals surface area contributed by atoms with Crippen molar-refractivity contribution in [1.82, 2.24) is 10.2 Å². The number of anilines is 2. The van der Waals surface area contributed by atoms with Gasteiger partial charge >= 0.3 is 6.01 Å². The summed E-state index contributed by atoms with van der Waals surface area (Å²) in [6.07, 6.45) is 0. The Morgan fingerprint density at radius 3 is 2.88 bits per heavy atom. The number of aromatic nitrogens is 2. The SMILES string of the molecule is Cc1nnc(NC(=O)c2cc(N)ccc2Cl)o1. The number of carbonyl (C=O) groups is 1. The number of nitrogens with two attached hydrogens (primary N) is 1. The number of amides is 1. The standard InChI is InChI=1S/C10H9ClN4O2/c1-5-14-15-10(17-5)13-9(16)7-4-6(12)2-3-8(7)11/h2-4H,12H2,1H3,(H,13,15,16). The zero-order valence-electron chi connectivity index (χ0n) is 8.90. The van der Waals surface area contributed by atoms with E-state index in [9.17, 15) is 4.79 Å². The van der Waals surface area contributed by atoms with E-state index in [0.29, 0.717) is 16.6 Å². The van der Waals surface area contributed by atoms with Crippen molar-refractivity contribution in [2.24, 2.45) is 0 Å². The highest BCUT2D eigenvalue weighted by atomic mass is 35.5. The maximum Gasteiger partial charge on any atom is 0.322 e. The van der Waals surface area contributed by atoms with Gasteiger partial charge in [0, 0.05) is 12.6 Å². The van der Waals surface area contributed by atoms with Gasteiger partial charge in [-0.05, 0) is 18.2 Å². The zero-order chi connectivity index (χ0) is 12.4. The number of nitrogen functional groups attached to an aromatic ring is 1. The van der Waals surface area contributed by atoms with Crippen molar-refractivity contribution in [3.8, 4) is 0 Å². The molecule has 6 nitrogen and oxygen atoms in total. The quantitative estimate of drug-likeness (QED) is 0.796. The molecular weight excluding hydrogens is 244 g/mol. The maximum atomic E-state index is 11.8. The lowest BCUT2D eigenvalue weighted by molar-refractivity contribution is 0.102. The summed E-state index contributed by atoms with van der Waals surface area (Å²) in [4.78, 5) is 11.8. The average molecular weight is 253 g/mol. The van der Waals surface area contributed by atoms with E-state index in [-0.39, 0.29) is 11.6 Å². The topological polar surface area (TPSA) is 94.0 Å². The summed E-state index contributed by atoms with van der Waals surface area (Å²) in [5, 5.41) is 9.95. The molecule has 1 aromatic heterocycles. The number of carbonyl (C=O) groups excluding carboxylic acids is 1. The molecule has 0 aliphatic heterocycles. The summed E-state index contributed by atoms with van der Waals surface area (Å²) < 4.78 is 5.02. The van der Waals surface area contributed by atoms with E-state index in [4.69, 9.17) is 21.8 Å². The van der Waals surface area contributed by atoms with Crippen LogP contribution in [0.15, 0.2) is 22.6 Å². The van der Waals surface area contributed by atoms with Gasteiger partial charge in [-0.15, -0.1) is 5.10 Å². The molecule has 2 aromatic rings. The Morgan fingerprint density at radius 1 is 1.47 bits per heavy atom. The molecule has 0 saturated heterocycles. The van der Waals surface area contributed by atoms with Crippen molar-refractivity contribution < 1.29 is 9.21 Å². The average Bonchev–Trinajstić information content (AvgIpc) is 2.67. The third-order valence-electron chi connectivity index (χ3n) is 1.98. The molecule has 1 heterocycles. The molecule has 0 aliphatic rings. The molecule has 3 N–H and O–H groups in total. The van der Waals surface area contributed by atoms with Crippen LogP contribution in [0.4, 0.5) is 11.7 Å². The van der Waals surface area contributed by atoms with Crippen LogP contribution in [0.25, 0.3) is 0 Å². The molecule has 7 heteroatoms. The minimum absolute atomic E-state index is 0.0194. The van der Waals surface area contributed by atoms with Crippen LogP contribution in [-0.4, -0.2) is 16.1 Å². The number of rotatable bonds is 2. The van der Waals surface area contributed by atoms with Gasteiger partial charge in [0.25, 0.3) is 5.91 Å². The number of aryl methyl sites for hydroxylation is 1. The molecule has 0 radical (unpaired) electrons. The van der Waals surface area contributed by atoms with Gasteiger partial charge in [-0.1, -0.05) is 16.7 Å². The maximum absolute atomic E-state index is 11.8. The second-order valence-electron chi connectivity index (χ2n) is 3.32. The first kappa shape index (κ1) is 11.4. The molecule has 2 rings (SSSR count). The van der Waals surface area contributed by atoms with E-state index < -0.39 is 5.91 Å². The molecule has 0 aliphatic carbocycles. The van der Waals surface area contributed by atoms with Crippen LogP contribution < -0.4 is 11.1 Å². The number of nitrogens with one attached hydrogen (secondary N) is 1. The molecule has 0 atom stereocenters. The van der Waals surface area contributed by atoms with Crippen molar-refractivity contribution in [3.63, 3.8) is 0 Å². The third-order valence-corrected chi connectivity index (χ3v) is 2.31. The number of benzene rings is 1. The second-order valence-corrected chi connectivity index (χ2v) is 3.73. The number of hydrogen-bond donors (Lipinski definition) is 2. The normalized spacial score (nSPS) is 10.2. The van der Waals surface area contributed by atoms with Crippen molar-refractivity contribution >= 4 is 29.2 Å². The second kappa shape index (κ2) is 4.42. The highest BCUT2D eigenvalue weighted by molar-refractivity contribution is 6.34. The van der Waals surface area contributed by atoms with Gasteiger partial charge in [0.15, 0.2) is 0 Å². The van der Waals surface area contributed by atoms with Crippen molar-refractivity contribution in [1.29, 1.82) is 0 Å². The lowest BCUT2D eigenvalue weighted by atomic mass is 10.2. The fraction of sp³-hybridized carbons (Fsp3) is 0.100. The van der Waals surface area contributed by atoms with Crippen molar-refractivity contribution in [3.05, 3.63) is 34.7 Å². The van der Waals surface area contributed by atoms with Gasteiger partial charge < -0.3 is 10.2 Å². The Bertz CT molecular complexity index is 567. The van der Waals surface area contributed by atoms with Gasteiger partial charge in [0.1, 0.15) is 0 Å². The van der Waals surface area contributed by atoms with E-state index in [1.807, 2.05) is 0 Å². The van der Waals surface area contributed by atoms with Crippen LogP contribution in [0.3, 0.4) is 0 Å². The molecule has 17 heavy (non-hydrogen) atoms. The van der Waals surface area contributed by atoms with E-state index in [1.165, 1.54) is 6.07 Å². The lowest BCUT2D eigenvalue weighted by Gasteiger charge is -2.03. The first-order valence-electron chi connectivity index (χ1n) is 4.73. The minimum atomic E-state index is -0.453. The highest BCUT2D eigenvalue weighted by Crippen LogP contribution is 2.20. The van der Waals surface area contributed by atoms with Crippen LogP contribution in [0.2, 0.25) is 5.02 Å². The monoisotopic (exact) mass is 252 g/mol. The van der Waals surface area contributed by atoms with Gasteiger partial charge in [-0.2, -0.15) is 0 Å². The largest absolute Gasteiger partial charge is 0.408 e. The fourth-order valence-corrected chi connectivity index (χ4v) is 1.43. The van der Waals surface area contributed by atoms with E-state index in [1.54, 1.807) is 19.1 Å². The first-order valence-corrected chi connectivity index (χ1v) is 5.10. The summed E-state index contributed by atoms with van der Waals surface area (Å²) in [6, 6.07) is 4.65. The lowest BCUT2D eigenvalue weighted by Crippen LogP contribution is -2.13. The van der Waals surface area contributed by atoms with Gasteiger partial charge in [0.2, 0.25) is 5.89 Å². The van der Waals surface area contributed by atoms with Crippen LogP contribution in [-0.2, 0) is 0 Å². The summed E-state index contributed by atoms with van der Waals surface area (Å²) in [5.74, 6) is -0.0927. The van der Waals surface area contributed by atoms with E-state index in [0.717, 1.165) is 0 Å². The molecular formula is C10H9ClN4O2. The molecule has 0 saturated carbocycles. The smallest absolute Gasteiger partial charge is 0.322 e. The van der Waals surface area contributed by atoms with Crippen LogP contribution in [0.5, 0.6) is 0 Å². The Kier molecular flexibility index (Phi) is 2.97. The van der Waals surface area contributed by atoms with Gasteiger partial charge in [-0.25, -0.2) is 0 Å². The van der Waals surface area contributed by atoms with E-state index in [2.05, 4.69) is 15.5 Å². The van der Waals surface area contributed by atoms with Crippen LogP contribution >= 0.6 is 11.6 Å². The van der Waals surface area contributed by atoms with Gasteiger partial charge in [0.05, 0.1) is 10.6 Å². The Morgan fingerprint density at radius 2 is 2.24 bits per heavy atom. The Labute approximate surface area is 102 Å². The van der Waals surface area contributed by atoms with Crippen molar-refractivity contribution in [2.75, 3.05) is 11.1 Å². The Balaban J connectivity index is 2.22.